The average Bonchev–Trinajstić information content (AvgIpc) is 2.94. The molecule has 0 fully saturated rings. The summed E-state index contributed by atoms with van der Waals surface area (Å²) < 4.78 is 5.44. The molecule has 1 atom stereocenters. The number of aryl methyl sites for hydroxylation is 1. The molecule has 5 aromatic rings. The Morgan fingerprint density at radius 2 is 1.41 bits per heavy atom. The molecule has 2 heterocycles. The molecule has 182 valence electrons. The highest BCUT2D eigenvalue weighted by Crippen LogP contribution is 2.31. The molecule has 1 amide bonds. The van der Waals surface area contributed by atoms with Gasteiger partial charge in [-0.15, -0.1) is 0 Å². The molecule has 0 spiro atoms. The van der Waals surface area contributed by atoms with Crippen molar-refractivity contribution in [2.24, 2.45) is 0 Å². The number of hydrogen-bond donors (Lipinski definition) is 1. The van der Waals surface area contributed by atoms with Gasteiger partial charge >= 0.3 is 5.97 Å². The van der Waals surface area contributed by atoms with E-state index in [0.717, 1.165) is 22.4 Å². The quantitative estimate of drug-likeness (QED) is 0.301. The number of carbonyl (C=O) groups excluding carboxylic acids is 2. The third kappa shape index (κ3) is 5.21. The normalized spacial score (nSPS) is 11.6. The summed E-state index contributed by atoms with van der Waals surface area (Å²) in [5.41, 5.74) is 5.61. The molecule has 3 aromatic carbocycles. The highest BCUT2D eigenvalue weighted by molar-refractivity contribution is 5.99. The van der Waals surface area contributed by atoms with Gasteiger partial charge in [0.1, 0.15) is 5.82 Å². The Morgan fingerprint density at radius 1 is 0.784 bits per heavy atom. The topological polar surface area (TPSA) is 94.1 Å². The maximum atomic E-state index is 12.9. The smallest absolute Gasteiger partial charge is 0.338 e. The van der Waals surface area contributed by atoms with Crippen molar-refractivity contribution in [1.29, 1.82) is 0 Å². The molecule has 7 nitrogen and oxygen atoms in total. The molecule has 0 bridgehead atoms. The SMILES string of the molecule is Cc1cccnc1NC(=O)C(C)OC(=O)c1ccc2nc(-c3ccccc3)c(-c3ccccc3)nc2c1. The van der Waals surface area contributed by atoms with Crippen molar-refractivity contribution in [3.8, 4) is 22.5 Å². The number of rotatable bonds is 6. The van der Waals surface area contributed by atoms with Gasteiger partial charge in [-0.1, -0.05) is 66.7 Å². The fourth-order valence-corrected chi connectivity index (χ4v) is 3.89. The lowest BCUT2D eigenvalue weighted by atomic mass is 10.0. The summed E-state index contributed by atoms with van der Waals surface area (Å²) in [6.07, 6.45) is 0.568. The summed E-state index contributed by atoms with van der Waals surface area (Å²) in [6.45, 7) is 3.36. The fraction of sp³-hybridized carbons (Fsp3) is 0.100. The van der Waals surface area contributed by atoms with Crippen molar-refractivity contribution in [2.75, 3.05) is 5.32 Å². The van der Waals surface area contributed by atoms with Crippen LogP contribution >= 0.6 is 0 Å². The number of nitrogens with one attached hydrogen (secondary N) is 1. The van der Waals surface area contributed by atoms with Crippen LogP contribution in [0, 0.1) is 6.92 Å². The number of aromatic nitrogens is 3. The Morgan fingerprint density at radius 3 is 2.03 bits per heavy atom. The molecule has 5 rings (SSSR count). The standard InChI is InChI=1S/C30H24N4O3/c1-19-10-9-17-31-28(19)34-29(35)20(2)37-30(36)23-15-16-24-25(18-23)33-27(22-13-7-4-8-14-22)26(32-24)21-11-5-3-6-12-21/h3-18,20H,1-2H3,(H,31,34,35). The van der Waals surface area contributed by atoms with E-state index in [1.807, 2.05) is 73.7 Å². The number of esters is 1. The fourth-order valence-electron chi connectivity index (χ4n) is 3.89. The largest absolute Gasteiger partial charge is 0.449 e. The van der Waals surface area contributed by atoms with E-state index in [1.165, 1.54) is 6.92 Å². The molecular formula is C30H24N4O3. The second-order valence-electron chi connectivity index (χ2n) is 8.56. The summed E-state index contributed by atoms with van der Waals surface area (Å²) in [6, 6.07) is 28.3. The van der Waals surface area contributed by atoms with Crippen LogP contribution in [-0.4, -0.2) is 32.9 Å². The minimum absolute atomic E-state index is 0.280. The number of anilines is 1. The third-order valence-corrected chi connectivity index (χ3v) is 5.90. The van der Waals surface area contributed by atoms with E-state index >= 15 is 0 Å². The second-order valence-corrected chi connectivity index (χ2v) is 8.56. The number of benzene rings is 3. The summed E-state index contributed by atoms with van der Waals surface area (Å²) in [5.74, 6) is -0.661. The lowest BCUT2D eigenvalue weighted by Crippen LogP contribution is -2.30. The van der Waals surface area contributed by atoms with Crippen LogP contribution in [0.3, 0.4) is 0 Å². The second kappa shape index (κ2) is 10.4. The van der Waals surface area contributed by atoms with E-state index in [0.29, 0.717) is 22.5 Å². The zero-order chi connectivity index (χ0) is 25.8. The summed E-state index contributed by atoms with van der Waals surface area (Å²) in [4.78, 5) is 39.4. The minimum Gasteiger partial charge on any atom is -0.449 e. The van der Waals surface area contributed by atoms with Gasteiger partial charge in [0.05, 0.1) is 28.0 Å². The van der Waals surface area contributed by atoms with E-state index in [-0.39, 0.29) is 5.56 Å². The van der Waals surface area contributed by atoms with E-state index in [1.54, 1.807) is 30.5 Å². The van der Waals surface area contributed by atoms with Crippen molar-refractivity contribution in [3.05, 3.63) is 108 Å². The van der Waals surface area contributed by atoms with Crippen molar-refractivity contribution in [3.63, 3.8) is 0 Å². The zero-order valence-electron chi connectivity index (χ0n) is 20.4. The molecule has 37 heavy (non-hydrogen) atoms. The number of ether oxygens (including phenoxy) is 1. The van der Waals surface area contributed by atoms with Crippen molar-refractivity contribution in [2.45, 2.75) is 20.0 Å². The first kappa shape index (κ1) is 23.8. The molecule has 0 aliphatic rings. The number of fused-ring (bicyclic) bond motifs is 1. The molecule has 1 N–H and O–H groups in total. The maximum Gasteiger partial charge on any atom is 0.338 e. The first-order valence-corrected chi connectivity index (χ1v) is 11.9. The number of carbonyl (C=O) groups is 2. The highest BCUT2D eigenvalue weighted by atomic mass is 16.5. The Balaban J connectivity index is 1.43. The van der Waals surface area contributed by atoms with Gasteiger partial charge in [0.15, 0.2) is 6.10 Å². The van der Waals surface area contributed by atoms with Crippen LogP contribution in [0.25, 0.3) is 33.5 Å². The number of hydrogen-bond acceptors (Lipinski definition) is 6. The van der Waals surface area contributed by atoms with E-state index in [4.69, 9.17) is 14.7 Å². The van der Waals surface area contributed by atoms with Gasteiger partial charge in [-0.2, -0.15) is 0 Å². The van der Waals surface area contributed by atoms with Crippen LogP contribution in [-0.2, 0) is 9.53 Å². The zero-order valence-corrected chi connectivity index (χ0v) is 20.4. The number of amides is 1. The number of pyridine rings is 1. The molecule has 7 heteroatoms. The minimum atomic E-state index is -1.02. The monoisotopic (exact) mass is 488 g/mol. The van der Waals surface area contributed by atoms with Crippen LogP contribution in [0.4, 0.5) is 5.82 Å². The van der Waals surface area contributed by atoms with E-state index < -0.39 is 18.0 Å². The van der Waals surface area contributed by atoms with Gasteiger partial charge < -0.3 is 10.1 Å². The average molecular weight is 489 g/mol. The molecule has 0 saturated carbocycles. The third-order valence-electron chi connectivity index (χ3n) is 5.90. The Bertz CT molecular complexity index is 1590. The molecule has 0 aliphatic carbocycles. The van der Waals surface area contributed by atoms with Gasteiger partial charge in [0.25, 0.3) is 5.91 Å². The summed E-state index contributed by atoms with van der Waals surface area (Å²) >= 11 is 0. The van der Waals surface area contributed by atoms with Crippen LogP contribution in [0.5, 0.6) is 0 Å². The van der Waals surface area contributed by atoms with Gasteiger partial charge in [-0.05, 0) is 43.7 Å². The van der Waals surface area contributed by atoms with Crippen LogP contribution in [0.2, 0.25) is 0 Å². The predicted molar refractivity (Wildman–Crippen MR) is 143 cm³/mol. The van der Waals surface area contributed by atoms with Crippen molar-refractivity contribution < 1.29 is 14.3 Å². The van der Waals surface area contributed by atoms with Gasteiger partial charge in [-0.3, -0.25) is 4.79 Å². The van der Waals surface area contributed by atoms with Crippen molar-refractivity contribution in [1.82, 2.24) is 15.0 Å². The Hall–Kier alpha value is -4.91. The number of nitrogens with zero attached hydrogens (tertiary/aromatic N) is 3. The lowest BCUT2D eigenvalue weighted by molar-refractivity contribution is -0.123. The van der Waals surface area contributed by atoms with E-state index in [9.17, 15) is 9.59 Å². The van der Waals surface area contributed by atoms with Crippen LogP contribution in [0.1, 0.15) is 22.8 Å². The van der Waals surface area contributed by atoms with Gasteiger partial charge in [0.2, 0.25) is 0 Å². The van der Waals surface area contributed by atoms with Crippen LogP contribution in [0.15, 0.2) is 97.2 Å². The Labute approximate surface area is 214 Å². The van der Waals surface area contributed by atoms with E-state index in [2.05, 4.69) is 10.3 Å². The lowest BCUT2D eigenvalue weighted by Gasteiger charge is -2.14. The van der Waals surface area contributed by atoms with Gasteiger partial charge in [0, 0.05) is 17.3 Å². The van der Waals surface area contributed by atoms with Crippen LogP contribution < -0.4 is 5.32 Å². The molecule has 0 radical (unpaired) electrons. The first-order valence-electron chi connectivity index (χ1n) is 11.9. The molecule has 0 saturated heterocycles. The summed E-state index contributed by atoms with van der Waals surface area (Å²) in [7, 11) is 0. The molecule has 0 aliphatic heterocycles. The first-order chi connectivity index (χ1) is 18.0. The van der Waals surface area contributed by atoms with Crippen molar-refractivity contribution >= 4 is 28.7 Å². The predicted octanol–water partition coefficient (Wildman–Crippen LogP) is 5.85. The maximum absolute atomic E-state index is 12.9. The summed E-state index contributed by atoms with van der Waals surface area (Å²) in [5, 5.41) is 2.69. The van der Waals surface area contributed by atoms with Gasteiger partial charge in [-0.25, -0.2) is 19.7 Å². The highest BCUT2D eigenvalue weighted by Gasteiger charge is 2.21. The molecule has 2 aromatic heterocycles. The molecule has 1 unspecified atom stereocenters. The molecular weight excluding hydrogens is 464 g/mol. The Kier molecular flexibility index (Phi) is 6.68.